The first-order valence-corrected chi connectivity index (χ1v) is 2.94. The van der Waals surface area contributed by atoms with E-state index in [0.717, 1.165) is 0 Å². The lowest BCUT2D eigenvalue weighted by Gasteiger charge is -1.87. The lowest BCUT2D eigenvalue weighted by molar-refractivity contribution is 0.300. The second-order valence-electron chi connectivity index (χ2n) is 1.64. The molecule has 9 heavy (non-hydrogen) atoms. The van der Waals surface area contributed by atoms with Crippen LogP contribution in [-0.2, 0) is 0 Å². The molecule has 0 aliphatic carbocycles. The molecule has 0 aliphatic rings. The van der Waals surface area contributed by atoms with E-state index in [1.54, 1.807) is 18.2 Å². The third kappa shape index (κ3) is 5.11. The second kappa shape index (κ2) is 5.38. The summed E-state index contributed by atoms with van der Waals surface area (Å²) in [5.41, 5.74) is 0. The minimum atomic E-state index is 0.0849. The van der Waals surface area contributed by atoms with Crippen LogP contribution in [0, 0.1) is 0 Å². The molecule has 0 aromatic rings. The van der Waals surface area contributed by atoms with Crippen molar-refractivity contribution < 1.29 is 10.2 Å². The van der Waals surface area contributed by atoms with Crippen molar-refractivity contribution in [3.05, 3.63) is 24.0 Å². The van der Waals surface area contributed by atoms with Crippen molar-refractivity contribution in [2.45, 2.75) is 13.3 Å². The molecule has 0 aromatic heterocycles. The van der Waals surface area contributed by atoms with Gasteiger partial charge in [0.2, 0.25) is 0 Å². The summed E-state index contributed by atoms with van der Waals surface area (Å²) in [5, 5.41) is 17.1. The topological polar surface area (TPSA) is 40.5 Å². The van der Waals surface area contributed by atoms with E-state index in [4.69, 9.17) is 10.2 Å². The fraction of sp³-hybridized carbons (Fsp3) is 0.429. The summed E-state index contributed by atoms with van der Waals surface area (Å²) in [6, 6.07) is 0. The molecule has 0 aliphatic heterocycles. The Morgan fingerprint density at radius 3 is 2.67 bits per heavy atom. The Kier molecular flexibility index (Phi) is 4.92. The van der Waals surface area contributed by atoms with E-state index in [0.29, 0.717) is 6.42 Å². The Morgan fingerprint density at radius 2 is 2.22 bits per heavy atom. The molecule has 52 valence electrons. The normalized spacial score (nSPS) is 12.9. The van der Waals surface area contributed by atoms with Crippen LogP contribution in [0.4, 0.5) is 0 Å². The molecule has 2 nitrogen and oxygen atoms in total. The molecule has 0 bridgehead atoms. The Labute approximate surface area is 55.1 Å². The molecule has 0 heterocycles. The summed E-state index contributed by atoms with van der Waals surface area (Å²) >= 11 is 0. The quantitative estimate of drug-likeness (QED) is 0.445. The van der Waals surface area contributed by atoms with Gasteiger partial charge in [-0.2, -0.15) is 0 Å². The van der Waals surface area contributed by atoms with E-state index >= 15 is 0 Å². The lowest BCUT2D eigenvalue weighted by atomic mass is 10.3. The summed E-state index contributed by atoms with van der Waals surface area (Å²) in [6.07, 6.45) is 5.40. The van der Waals surface area contributed by atoms with Crippen LogP contribution in [-0.4, -0.2) is 16.8 Å². The van der Waals surface area contributed by atoms with Crippen molar-refractivity contribution in [3.63, 3.8) is 0 Å². The van der Waals surface area contributed by atoms with Gasteiger partial charge < -0.3 is 10.2 Å². The number of allylic oxidation sites excluding steroid dienone is 2. The summed E-state index contributed by atoms with van der Waals surface area (Å²) in [4.78, 5) is 0. The fourth-order valence-corrected chi connectivity index (χ4v) is 0.451. The Balaban J connectivity index is 3.55. The summed E-state index contributed by atoms with van der Waals surface area (Å²) in [6.45, 7) is 1.91. The minimum Gasteiger partial charge on any atom is -0.508 e. The smallest absolute Gasteiger partial charge is 0.111 e. The maximum atomic E-state index is 8.84. The Hall–Kier alpha value is -0.760. The first-order chi connectivity index (χ1) is 4.31. The van der Waals surface area contributed by atoms with Crippen LogP contribution in [0.3, 0.4) is 0 Å². The lowest BCUT2D eigenvalue weighted by Crippen LogP contribution is -1.79. The van der Waals surface area contributed by atoms with Crippen LogP contribution < -0.4 is 0 Å². The van der Waals surface area contributed by atoms with Gasteiger partial charge in [-0.05, 0) is 25.5 Å². The molecular formula is C7H12O2. The van der Waals surface area contributed by atoms with E-state index in [-0.39, 0.29) is 12.4 Å². The van der Waals surface area contributed by atoms with Gasteiger partial charge in [0.15, 0.2) is 0 Å². The van der Waals surface area contributed by atoms with Crippen molar-refractivity contribution in [3.8, 4) is 0 Å². The van der Waals surface area contributed by atoms with Crippen LogP contribution in [0.1, 0.15) is 13.3 Å². The van der Waals surface area contributed by atoms with Gasteiger partial charge in [0.05, 0.1) is 0 Å². The molecule has 0 rings (SSSR count). The van der Waals surface area contributed by atoms with Crippen molar-refractivity contribution >= 4 is 0 Å². The average Bonchev–Trinajstić information content (AvgIpc) is 1.85. The van der Waals surface area contributed by atoms with E-state index < -0.39 is 0 Å². The first kappa shape index (κ1) is 8.24. The summed E-state index contributed by atoms with van der Waals surface area (Å²) in [7, 11) is 0. The van der Waals surface area contributed by atoms with Gasteiger partial charge in [0.25, 0.3) is 0 Å². The van der Waals surface area contributed by atoms with E-state index in [1.165, 1.54) is 0 Å². The zero-order chi connectivity index (χ0) is 7.11. The van der Waals surface area contributed by atoms with Gasteiger partial charge in [0.1, 0.15) is 5.76 Å². The van der Waals surface area contributed by atoms with Crippen molar-refractivity contribution in [2.24, 2.45) is 0 Å². The van der Waals surface area contributed by atoms with Crippen molar-refractivity contribution in [1.82, 2.24) is 0 Å². The Morgan fingerprint density at radius 1 is 1.56 bits per heavy atom. The molecule has 0 spiro atoms. The first-order valence-electron chi connectivity index (χ1n) is 2.94. The summed E-state index contributed by atoms with van der Waals surface area (Å²) in [5.74, 6) is 0.214. The molecule has 0 atom stereocenters. The van der Waals surface area contributed by atoms with Crippen molar-refractivity contribution in [1.29, 1.82) is 0 Å². The van der Waals surface area contributed by atoms with Crippen molar-refractivity contribution in [2.75, 3.05) is 6.61 Å². The highest BCUT2D eigenvalue weighted by molar-refractivity contribution is 5.08. The zero-order valence-electron chi connectivity index (χ0n) is 5.54. The zero-order valence-corrected chi connectivity index (χ0v) is 5.54. The van der Waals surface area contributed by atoms with E-state index in [9.17, 15) is 0 Å². The van der Waals surface area contributed by atoms with Crippen LogP contribution in [0.15, 0.2) is 24.0 Å². The number of hydrogen-bond acceptors (Lipinski definition) is 2. The molecule has 0 fully saturated rings. The molecule has 0 saturated carbocycles. The second-order valence-corrected chi connectivity index (χ2v) is 1.64. The molecule has 0 aromatic carbocycles. The highest BCUT2D eigenvalue weighted by Gasteiger charge is 1.81. The van der Waals surface area contributed by atoms with Crippen LogP contribution >= 0.6 is 0 Å². The molecule has 2 heteroatoms. The number of hydrogen-bond donors (Lipinski definition) is 2. The van der Waals surface area contributed by atoms with Crippen LogP contribution in [0.5, 0.6) is 0 Å². The molecule has 0 radical (unpaired) electrons. The number of aliphatic hydroxyl groups excluding tert-OH is 2. The van der Waals surface area contributed by atoms with Crippen LogP contribution in [0.2, 0.25) is 0 Å². The van der Waals surface area contributed by atoms with Gasteiger partial charge >= 0.3 is 0 Å². The average molecular weight is 128 g/mol. The Bertz CT molecular complexity index is 114. The highest BCUT2D eigenvalue weighted by Crippen LogP contribution is 1.92. The van der Waals surface area contributed by atoms with Crippen LogP contribution in [0.25, 0.3) is 0 Å². The minimum absolute atomic E-state index is 0.0849. The maximum absolute atomic E-state index is 8.84. The molecular weight excluding hydrogens is 116 g/mol. The van der Waals surface area contributed by atoms with Gasteiger partial charge in [-0.25, -0.2) is 0 Å². The maximum Gasteiger partial charge on any atom is 0.111 e. The molecule has 0 saturated heterocycles. The number of rotatable bonds is 3. The van der Waals surface area contributed by atoms with Gasteiger partial charge in [-0.15, -0.1) is 0 Å². The van der Waals surface area contributed by atoms with E-state index in [2.05, 4.69) is 0 Å². The predicted molar refractivity (Wildman–Crippen MR) is 37.2 cm³/mol. The standard InChI is InChI=1S/C7H12O2/c1-2-4-7(9)5-3-6-8/h2,4-5,8-9H,3,6H2,1H3. The van der Waals surface area contributed by atoms with Gasteiger partial charge in [-0.1, -0.05) is 6.08 Å². The third-order valence-electron chi connectivity index (χ3n) is 0.820. The fourth-order valence-electron chi connectivity index (χ4n) is 0.451. The molecule has 0 unspecified atom stereocenters. The highest BCUT2D eigenvalue weighted by atomic mass is 16.3. The SMILES string of the molecule is CC=CC(O)=CCCO. The monoisotopic (exact) mass is 128 g/mol. The summed E-state index contributed by atoms with van der Waals surface area (Å²) < 4.78 is 0. The van der Waals surface area contributed by atoms with Gasteiger partial charge in [0, 0.05) is 6.61 Å². The largest absolute Gasteiger partial charge is 0.508 e. The number of aliphatic hydroxyl groups is 2. The molecule has 2 N–H and O–H groups in total. The predicted octanol–water partition coefficient (Wildman–Crippen LogP) is 1.39. The van der Waals surface area contributed by atoms with E-state index in [1.807, 2.05) is 6.92 Å². The third-order valence-corrected chi connectivity index (χ3v) is 0.820. The van der Waals surface area contributed by atoms with Gasteiger partial charge in [-0.3, -0.25) is 0 Å². The molecule has 0 amide bonds.